The minimum absolute atomic E-state index is 0.0138. The Morgan fingerprint density at radius 1 is 1.00 bits per heavy atom. The molecule has 1 N–H and O–H groups in total. The summed E-state index contributed by atoms with van der Waals surface area (Å²) < 4.78 is 5.32. The van der Waals surface area contributed by atoms with Crippen LogP contribution in [-0.4, -0.2) is 67.4 Å². The molecule has 0 bridgehead atoms. The number of piperazine rings is 1. The zero-order chi connectivity index (χ0) is 18.9. The van der Waals surface area contributed by atoms with Crippen molar-refractivity contribution < 1.29 is 19.1 Å². The van der Waals surface area contributed by atoms with Gasteiger partial charge in [0, 0.05) is 52.5 Å². The molecule has 1 fully saturated rings. The summed E-state index contributed by atoms with van der Waals surface area (Å²) >= 11 is 0. The van der Waals surface area contributed by atoms with Crippen LogP contribution >= 0.6 is 0 Å². The SMILES string of the molecule is COc1ccccc1CCC(=O)N1CCN(C(=O)CCNC(C)=O)CC1. The average molecular weight is 361 g/mol. The van der Waals surface area contributed by atoms with Gasteiger partial charge in [-0.2, -0.15) is 0 Å². The van der Waals surface area contributed by atoms with Crippen molar-refractivity contribution in [3.63, 3.8) is 0 Å². The summed E-state index contributed by atoms with van der Waals surface area (Å²) in [6.45, 7) is 3.97. The molecular formula is C19H27N3O4. The summed E-state index contributed by atoms with van der Waals surface area (Å²) in [4.78, 5) is 38.9. The molecule has 1 saturated heterocycles. The fourth-order valence-electron chi connectivity index (χ4n) is 3.02. The van der Waals surface area contributed by atoms with Gasteiger partial charge < -0.3 is 19.9 Å². The predicted octanol–water partition coefficient (Wildman–Crippen LogP) is 0.825. The first kappa shape index (κ1) is 19.8. The lowest BCUT2D eigenvalue weighted by Gasteiger charge is -2.35. The molecule has 2 rings (SSSR count). The number of methoxy groups -OCH3 is 1. The van der Waals surface area contributed by atoms with Crippen LogP contribution in [0.2, 0.25) is 0 Å². The second-order valence-corrected chi connectivity index (χ2v) is 6.31. The molecule has 0 atom stereocenters. The van der Waals surface area contributed by atoms with Gasteiger partial charge in [0.05, 0.1) is 7.11 Å². The molecule has 0 spiro atoms. The largest absolute Gasteiger partial charge is 0.496 e. The van der Waals surface area contributed by atoms with Crippen LogP contribution in [-0.2, 0) is 20.8 Å². The van der Waals surface area contributed by atoms with Crippen molar-refractivity contribution in [3.8, 4) is 5.75 Å². The fourth-order valence-corrected chi connectivity index (χ4v) is 3.02. The Morgan fingerprint density at radius 3 is 2.15 bits per heavy atom. The minimum Gasteiger partial charge on any atom is -0.496 e. The maximum Gasteiger partial charge on any atom is 0.224 e. The smallest absolute Gasteiger partial charge is 0.224 e. The van der Waals surface area contributed by atoms with E-state index in [0.29, 0.717) is 52.0 Å². The number of amides is 3. The molecule has 0 aliphatic carbocycles. The van der Waals surface area contributed by atoms with E-state index < -0.39 is 0 Å². The van der Waals surface area contributed by atoms with Crippen molar-refractivity contribution >= 4 is 17.7 Å². The normalized spacial score (nSPS) is 14.1. The Kier molecular flexibility index (Phi) is 7.44. The second kappa shape index (κ2) is 9.79. The molecule has 142 valence electrons. The zero-order valence-electron chi connectivity index (χ0n) is 15.5. The van der Waals surface area contributed by atoms with E-state index in [0.717, 1.165) is 11.3 Å². The highest BCUT2D eigenvalue weighted by Gasteiger charge is 2.23. The van der Waals surface area contributed by atoms with Crippen molar-refractivity contribution in [2.45, 2.75) is 26.2 Å². The lowest BCUT2D eigenvalue weighted by molar-refractivity contribution is -0.139. The third-order valence-electron chi connectivity index (χ3n) is 4.50. The Balaban J connectivity index is 1.74. The highest BCUT2D eigenvalue weighted by molar-refractivity contribution is 5.79. The molecule has 0 radical (unpaired) electrons. The molecule has 1 heterocycles. The maximum absolute atomic E-state index is 12.4. The number of benzene rings is 1. The molecule has 0 aromatic heterocycles. The number of hydrogen-bond acceptors (Lipinski definition) is 4. The molecule has 1 aromatic rings. The summed E-state index contributed by atoms with van der Waals surface area (Å²) in [5, 5.41) is 2.62. The van der Waals surface area contributed by atoms with E-state index in [1.165, 1.54) is 6.92 Å². The Bertz CT molecular complexity index is 639. The van der Waals surface area contributed by atoms with E-state index >= 15 is 0 Å². The third kappa shape index (κ3) is 5.75. The van der Waals surface area contributed by atoms with E-state index in [4.69, 9.17) is 4.74 Å². The topological polar surface area (TPSA) is 79.0 Å². The molecule has 3 amide bonds. The van der Waals surface area contributed by atoms with Crippen molar-refractivity contribution in [2.75, 3.05) is 39.8 Å². The number of carbonyl (C=O) groups is 3. The van der Waals surface area contributed by atoms with Gasteiger partial charge in [-0.1, -0.05) is 18.2 Å². The van der Waals surface area contributed by atoms with Crippen LogP contribution in [0.15, 0.2) is 24.3 Å². The van der Waals surface area contributed by atoms with Gasteiger partial charge in [0.25, 0.3) is 0 Å². The van der Waals surface area contributed by atoms with Gasteiger partial charge in [0.1, 0.15) is 5.75 Å². The lowest BCUT2D eigenvalue weighted by Crippen LogP contribution is -2.51. The van der Waals surface area contributed by atoms with Crippen molar-refractivity contribution in [1.82, 2.24) is 15.1 Å². The predicted molar refractivity (Wildman–Crippen MR) is 97.8 cm³/mol. The summed E-state index contributed by atoms with van der Waals surface area (Å²) in [5.74, 6) is 0.777. The Labute approximate surface area is 154 Å². The van der Waals surface area contributed by atoms with E-state index in [9.17, 15) is 14.4 Å². The van der Waals surface area contributed by atoms with E-state index in [1.807, 2.05) is 29.2 Å². The molecule has 26 heavy (non-hydrogen) atoms. The molecule has 0 saturated carbocycles. The van der Waals surface area contributed by atoms with Gasteiger partial charge in [0.15, 0.2) is 0 Å². The molecule has 0 unspecified atom stereocenters. The van der Waals surface area contributed by atoms with Crippen molar-refractivity contribution in [2.24, 2.45) is 0 Å². The number of rotatable bonds is 7. The lowest BCUT2D eigenvalue weighted by atomic mass is 10.1. The summed E-state index contributed by atoms with van der Waals surface area (Å²) in [6, 6.07) is 7.71. The third-order valence-corrected chi connectivity index (χ3v) is 4.50. The van der Waals surface area contributed by atoms with Crippen LogP contribution in [0.1, 0.15) is 25.3 Å². The number of para-hydroxylation sites is 1. The minimum atomic E-state index is -0.136. The first-order valence-corrected chi connectivity index (χ1v) is 8.93. The van der Waals surface area contributed by atoms with Crippen LogP contribution in [0, 0.1) is 0 Å². The molecule has 1 aliphatic heterocycles. The standard InChI is InChI=1S/C19H27N3O4/c1-15(23)20-10-9-19(25)22-13-11-21(12-14-22)18(24)8-7-16-5-3-4-6-17(16)26-2/h3-6H,7-14H2,1-2H3,(H,20,23). The van der Waals surface area contributed by atoms with E-state index in [1.54, 1.807) is 12.0 Å². The fraction of sp³-hybridized carbons (Fsp3) is 0.526. The van der Waals surface area contributed by atoms with Crippen LogP contribution < -0.4 is 10.1 Å². The maximum atomic E-state index is 12.4. The van der Waals surface area contributed by atoms with Gasteiger partial charge in [-0.05, 0) is 18.1 Å². The van der Waals surface area contributed by atoms with E-state index in [-0.39, 0.29) is 17.7 Å². The van der Waals surface area contributed by atoms with E-state index in [2.05, 4.69) is 5.32 Å². The number of hydrogen-bond donors (Lipinski definition) is 1. The zero-order valence-corrected chi connectivity index (χ0v) is 15.5. The van der Waals surface area contributed by atoms with Crippen molar-refractivity contribution in [1.29, 1.82) is 0 Å². The monoisotopic (exact) mass is 361 g/mol. The highest BCUT2D eigenvalue weighted by Crippen LogP contribution is 2.19. The van der Waals surface area contributed by atoms with Crippen LogP contribution in [0.5, 0.6) is 5.75 Å². The molecule has 1 aliphatic rings. The second-order valence-electron chi connectivity index (χ2n) is 6.31. The Hall–Kier alpha value is -2.57. The first-order chi connectivity index (χ1) is 12.5. The van der Waals surface area contributed by atoms with Crippen LogP contribution in [0.25, 0.3) is 0 Å². The van der Waals surface area contributed by atoms with Crippen LogP contribution in [0.3, 0.4) is 0 Å². The van der Waals surface area contributed by atoms with Gasteiger partial charge in [-0.3, -0.25) is 14.4 Å². The average Bonchev–Trinajstić information content (AvgIpc) is 2.66. The van der Waals surface area contributed by atoms with Crippen LogP contribution in [0.4, 0.5) is 0 Å². The molecule has 1 aromatic carbocycles. The molecular weight excluding hydrogens is 334 g/mol. The van der Waals surface area contributed by atoms with Gasteiger partial charge in [-0.15, -0.1) is 0 Å². The number of ether oxygens (including phenoxy) is 1. The van der Waals surface area contributed by atoms with Gasteiger partial charge in [-0.25, -0.2) is 0 Å². The number of nitrogens with one attached hydrogen (secondary N) is 1. The summed E-state index contributed by atoms with van der Waals surface area (Å²) in [7, 11) is 1.63. The summed E-state index contributed by atoms with van der Waals surface area (Å²) in [5.41, 5.74) is 1.02. The van der Waals surface area contributed by atoms with Gasteiger partial charge >= 0.3 is 0 Å². The number of carbonyl (C=O) groups excluding carboxylic acids is 3. The number of nitrogens with zero attached hydrogens (tertiary/aromatic N) is 2. The highest BCUT2D eigenvalue weighted by atomic mass is 16.5. The number of aryl methyl sites for hydroxylation is 1. The Morgan fingerprint density at radius 2 is 1.58 bits per heavy atom. The molecule has 7 heteroatoms. The van der Waals surface area contributed by atoms with Gasteiger partial charge in [0.2, 0.25) is 17.7 Å². The summed E-state index contributed by atoms with van der Waals surface area (Å²) in [6.07, 6.45) is 1.36. The van der Waals surface area contributed by atoms with Crippen molar-refractivity contribution in [3.05, 3.63) is 29.8 Å². The quantitative estimate of drug-likeness (QED) is 0.780. The first-order valence-electron chi connectivity index (χ1n) is 8.93. The molecule has 7 nitrogen and oxygen atoms in total.